The quantitative estimate of drug-likeness (QED) is 0.804. The Kier molecular flexibility index (Phi) is 6.02. The maximum absolute atomic E-state index is 11.0. The van der Waals surface area contributed by atoms with E-state index in [0.29, 0.717) is 12.6 Å². The van der Waals surface area contributed by atoms with Gasteiger partial charge in [0.15, 0.2) is 0 Å². The van der Waals surface area contributed by atoms with Crippen LogP contribution in [0.25, 0.3) is 0 Å². The van der Waals surface area contributed by atoms with Gasteiger partial charge in [-0.05, 0) is 30.5 Å². The Hall–Kier alpha value is -1.55. The molecule has 0 saturated carbocycles. The van der Waals surface area contributed by atoms with Crippen molar-refractivity contribution in [2.24, 2.45) is 11.7 Å². The first-order chi connectivity index (χ1) is 9.31. The van der Waals surface area contributed by atoms with Crippen molar-refractivity contribution in [2.75, 3.05) is 6.61 Å². The topological polar surface area (TPSA) is 64.3 Å². The fraction of sp³-hybridized carbons (Fsp3) is 0.562. The zero-order valence-electron chi connectivity index (χ0n) is 13.1. The summed E-state index contributed by atoms with van der Waals surface area (Å²) in [6.07, 6.45) is 0. The van der Waals surface area contributed by atoms with Gasteiger partial charge < -0.3 is 15.8 Å². The van der Waals surface area contributed by atoms with Gasteiger partial charge in [-0.2, -0.15) is 0 Å². The number of primary amides is 1. The monoisotopic (exact) mass is 278 g/mol. The average molecular weight is 278 g/mol. The molecule has 1 atom stereocenters. The first kappa shape index (κ1) is 16.5. The van der Waals surface area contributed by atoms with Crippen LogP contribution in [0.1, 0.15) is 37.5 Å². The lowest BCUT2D eigenvalue weighted by molar-refractivity contribution is -0.122. The number of aryl methyl sites for hydroxylation is 2. The Bertz CT molecular complexity index is 447. The number of carbonyl (C=O) groups excluding carboxylic acids is 1. The highest BCUT2D eigenvalue weighted by Crippen LogP contribution is 2.25. The summed E-state index contributed by atoms with van der Waals surface area (Å²) in [5.74, 6) is 0.237. The van der Waals surface area contributed by atoms with Crippen LogP contribution in [-0.4, -0.2) is 18.6 Å². The normalized spacial score (nSPS) is 12.5. The van der Waals surface area contributed by atoms with Crippen LogP contribution >= 0.6 is 0 Å². The number of nitrogens with two attached hydrogens (primary N) is 1. The van der Waals surface area contributed by atoms with Gasteiger partial charge in [0.2, 0.25) is 5.91 Å². The highest BCUT2D eigenvalue weighted by molar-refractivity contribution is 5.76. The molecule has 0 aliphatic rings. The average Bonchev–Trinajstić information content (AvgIpc) is 2.34. The third kappa shape index (κ3) is 4.85. The van der Waals surface area contributed by atoms with Crippen molar-refractivity contribution < 1.29 is 9.53 Å². The van der Waals surface area contributed by atoms with Gasteiger partial charge in [0.05, 0.1) is 12.5 Å². The molecular formula is C16H26N2O2. The highest BCUT2D eigenvalue weighted by Gasteiger charge is 2.12. The number of amides is 1. The molecule has 0 aromatic heterocycles. The second kappa shape index (κ2) is 7.29. The van der Waals surface area contributed by atoms with Gasteiger partial charge in [-0.1, -0.05) is 32.9 Å². The van der Waals surface area contributed by atoms with E-state index >= 15 is 0 Å². The summed E-state index contributed by atoms with van der Waals surface area (Å²) in [6.45, 7) is 11.2. The van der Waals surface area contributed by atoms with Crippen molar-refractivity contribution in [3.8, 4) is 5.75 Å². The van der Waals surface area contributed by atoms with Crippen molar-refractivity contribution in [1.29, 1.82) is 0 Å². The van der Waals surface area contributed by atoms with Gasteiger partial charge in [0.25, 0.3) is 0 Å². The Labute approximate surface area is 121 Å². The minimum absolute atomic E-state index is 0.281. The molecule has 0 spiro atoms. The number of nitrogens with one attached hydrogen (secondary N) is 1. The van der Waals surface area contributed by atoms with E-state index in [2.05, 4.69) is 31.3 Å². The maximum Gasteiger partial charge on any atom is 0.223 e. The van der Waals surface area contributed by atoms with Gasteiger partial charge in [-0.15, -0.1) is 0 Å². The molecule has 1 aromatic carbocycles. The molecule has 0 radical (unpaired) electrons. The standard InChI is InChI=1S/C16H26N2O2/c1-10(2)18-8-14-6-11(3)15(12(4)7-14)20-9-13(5)16(17)19/h6-7,10,13,18H,8-9H2,1-5H3,(H2,17,19). The number of ether oxygens (including phenoxy) is 1. The molecule has 4 nitrogen and oxygen atoms in total. The van der Waals surface area contributed by atoms with E-state index < -0.39 is 0 Å². The smallest absolute Gasteiger partial charge is 0.223 e. The number of hydrogen-bond acceptors (Lipinski definition) is 3. The van der Waals surface area contributed by atoms with E-state index in [1.54, 1.807) is 6.92 Å². The Morgan fingerprint density at radius 3 is 2.25 bits per heavy atom. The Morgan fingerprint density at radius 1 is 1.25 bits per heavy atom. The van der Waals surface area contributed by atoms with Gasteiger partial charge >= 0.3 is 0 Å². The van der Waals surface area contributed by atoms with Crippen molar-refractivity contribution in [1.82, 2.24) is 5.32 Å². The van der Waals surface area contributed by atoms with Crippen LogP contribution in [0.4, 0.5) is 0 Å². The zero-order valence-corrected chi connectivity index (χ0v) is 13.1. The molecule has 1 aromatic rings. The molecule has 20 heavy (non-hydrogen) atoms. The molecule has 1 rings (SSSR count). The lowest BCUT2D eigenvalue weighted by atomic mass is 10.1. The largest absolute Gasteiger partial charge is 0.492 e. The zero-order chi connectivity index (χ0) is 15.3. The summed E-state index contributed by atoms with van der Waals surface area (Å²) in [5, 5.41) is 3.40. The molecule has 4 heteroatoms. The van der Waals surface area contributed by atoms with Crippen molar-refractivity contribution in [3.05, 3.63) is 28.8 Å². The molecule has 0 aliphatic heterocycles. The molecule has 3 N–H and O–H groups in total. The van der Waals surface area contributed by atoms with Crippen LogP contribution in [0, 0.1) is 19.8 Å². The molecule has 0 aliphatic carbocycles. The van der Waals surface area contributed by atoms with Crippen molar-refractivity contribution >= 4 is 5.91 Å². The third-order valence-corrected chi connectivity index (χ3v) is 3.20. The highest BCUT2D eigenvalue weighted by atomic mass is 16.5. The van der Waals surface area contributed by atoms with E-state index in [1.165, 1.54) is 5.56 Å². The minimum Gasteiger partial charge on any atom is -0.492 e. The summed E-state index contributed by atoms with van der Waals surface area (Å²) in [7, 11) is 0. The summed E-state index contributed by atoms with van der Waals surface area (Å²) in [6, 6.07) is 4.70. The van der Waals surface area contributed by atoms with E-state index in [0.717, 1.165) is 23.4 Å². The predicted octanol–water partition coefficient (Wildman–Crippen LogP) is 2.30. The first-order valence-electron chi connectivity index (χ1n) is 7.07. The van der Waals surface area contributed by atoms with Crippen LogP contribution in [0.15, 0.2) is 12.1 Å². The maximum atomic E-state index is 11.0. The van der Waals surface area contributed by atoms with Gasteiger partial charge in [0.1, 0.15) is 5.75 Å². The van der Waals surface area contributed by atoms with E-state index in [-0.39, 0.29) is 11.8 Å². The molecule has 0 heterocycles. The molecule has 0 bridgehead atoms. The summed E-state index contributed by atoms with van der Waals surface area (Å²) in [4.78, 5) is 11.0. The first-order valence-corrected chi connectivity index (χ1v) is 7.07. The molecule has 1 amide bonds. The Balaban J connectivity index is 2.76. The number of hydrogen-bond donors (Lipinski definition) is 2. The van der Waals surface area contributed by atoms with Gasteiger partial charge in [-0.25, -0.2) is 0 Å². The van der Waals surface area contributed by atoms with Gasteiger partial charge in [0, 0.05) is 12.6 Å². The Morgan fingerprint density at radius 2 is 1.80 bits per heavy atom. The molecule has 0 fully saturated rings. The third-order valence-electron chi connectivity index (χ3n) is 3.20. The van der Waals surface area contributed by atoms with E-state index in [9.17, 15) is 4.79 Å². The number of rotatable bonds is 7. The fourth-order valence-corrected chi connectivity index (χ4v) is 1.98. The predicted molar refractivity (Wildman–Crippen MR) is 81.7 cm³/mol. The second-order valence-corrected chi connectivity index (χ2v) is 5.71. The molecule has 0 saturated heterocycles. The van der Waals surface area contributed by atoms with E-state index in [4.69, 9.17) is 10.5 Å². The second-order valence-electron chi connectivity index (χ2n) is 5.71. The molecular weight excluding hydrogens is 252 g/mol. The van der Waals surface area contributed by atoms with Crippen molar-refractivity contribution in [3.63, 3.8) is 0 Å². The van der Waals surface area contributed by atoms with Crippen LogP contribution < -0.4 is 15.8 Å². The summed E-state index contributed by atoms with van der Waals surface area (Å²) < 4.78 is 5.75. The summed E-state index contributed by atoms with van der Waals surface area (Å²) in [5.41, 5.74) is 8.65. The SMILES string of the molecule is Cc1cc(CNC(C)C)cc(C)c1OCC(C)C(N)=O. The summed E-state index contributed by atoms with van der Waals surface area (Å²) >= 11 is 0. The molecule has 112 valence electrons. The van der Waals surface area contributed by atoms with E-state index in [1.807, 2.05) is 13.8 Å². The molecule has 1 unspecified atom stereocenters. The van der Waals surface area contributed by atoms with Crippen molar-refractivity contribution in [2.45, 2.75) is 47.2 Å². The van der Waals surface area contributed by atoms with Crippen LogP contribution in [0.3, 0.4) is 0 Å². The van der Waals surface area contributed by atoms with Gasteiger partial charge in [-0.3, -0.25) is 4.79 Å². The fourth-order valence-electron chi connectivity index (χ4n) is 1.98. The number of carbonyl (C=O) groups is 1. The minimum atomic E-state index is -0.335. The van der Waals surface area contributed by atoms with Crippen LogP contribution in [0.2, 0.25) is 0 Å². The van der Waals surface area contributed by atoms with Crippen LogP contribution in [0.5, 0.6) is 5.75 Å². The van der Waals surface area contributed by atoms with Crippen LogP contribution in [-0.2, 0) is 11.3 Å². The lowest BCUT2D eigenvalue weighted by Gasteiger charge is -2.16. The number of benzene rings is 1. The lowest BCUT2D eigenvalue weighted by Crippen LogP contribution is -2.26.